The molecule has 17 heavy (non-hydrogen) atoms. The maximum absolute atomic E-state index is 5.45. The summed E-state index contributed by atoms with van der Waals surface area (Å²) >= 11 is 0. The second kappa shape index (κ2) is 6.03. The van der Waals surface area contributed by atoms with E-state index in [0.29, 0.717) is 6.04 Å². The van der Waals surface area contributed by atoms with Gasteiger partial charge in [-0.05, 0) is 31.2 Å². The van der Waals surface area contributed by atoms with Crippen molar-refractivity contribution in [2.24, 2.45) is 0 Å². The lowest BCUT2D eigenvalue weighted by Crippen LogP contribution is -2.56. The first-order valence-electron chi connectivity index (χ1n) is 6.50. The third-order valence-electron chi connectivity index (χ3n) is 3.30. The van der Waals surface area contributed by atoms with Crippen LogP contribution in [0.25, 0.3) is 0 Å². The zero-order valence-electron chi connectivity index (χ0n) is 10.8. The molecular weight excluding hydrogens is 212 g/mol. The van der Waals surface area contributed by atoms with Gasteiger partial charge >= 0.3 is 0 Å². The number of ether oxygens (including phenoxy) is 1. The van der Waals surface area contributed by atoms with Gasteiger partial charge in [0.25, 0.3) is 0 Å². The summed E-state index contributed by atoms with van der Waals surface area (Å²) in [4.78, 5) is 2.52. The van der Waals surface area contributed by atoms with Crippen molar-refractivity contribution in [2.75, 3.05) is 26.2 Å². The number of hydrogen-bond acceptors (Lipinski definition) is 3. The highest BCUT2D eigenvalue weighted by Gasteiger charge is 2.22. The summed E-state index contributed by atoms with van der Waals surface area (Å²) in [6.45, 7) is 9.38. The molecule has 0 amide bonds. The Morgan fingerprint density at radius 1 is 1.24 bits per heavy atom. The summed E-state index contributed by atoms with van der Waals surface area (Å²) < 4.78 is 5.45. The van der Waals surface area contributed by atoms with Crippen LogP contribution in [0.15, 0.2) is 24.3 Å². The zero-order valence-corrected chi connectivity index (χ0v) is 10.8. The van der Waals surface area contributed by atoms with Crippen LogP contribution in [0, 0.1) is 0 Å². The van der Waals surface area contributed by atoms with Crippen LogP contribution in [0.2, 0.25) is 0 Å². The van der Waals surface area contributed by atoms with Gasteiger partial charge in [-0.25, -0.2) is 0 Å². The van der Waals surface area contributed by atoms with Gasteiger partial charge < -0.3 is 10.1 Å². The number of benzene rings is 1. The molecule has 0 aromatic heterocycles. The van der Waals surface area contributed by atoms with Crippen LogP contribution in [0.3, 0.4) is 0 Å². The van der Waals surface area contributed by atoms with Crippen molar-refractivity contribution in [3.8, 4) is 5.75 Å². The van der Waals surface area contributed by atoms with Crippen LogP contribution in [0.4, 0.5) is 0 Å². The van der Waals surface area contributed by atoms with Gasteiger partial charge in [-0.1, -0.05) is 19.1 Å². The summed E-state index contributed by atoms with van der Waals surface area (Å²) in [6, 6.07) is 9.17. The zero-order chi connectivity index (χ0) is 12.1. The molecule has 1 aliphatic rings. The SMILES string of the molecule is CCOc1ccc(CN(CC)C2CNC2)cc1. The Bertz CT molecular complexity index is 333. The largest absolute Gasteiger partial charge is 0.494 e. The first kappa shape index (κ1) is 12.4. The van der Waals surface area contributed by atoms with Crippen LogP contribution in [-0.2, 0) is 6.54 Å². The van der Waals surface area contributed by atoms with Gasteiger partial charge in [-0.15, -0.1) is 0 Å². The Balaban J connectivity index is 1.92. The molecule has 0 spiro atoms. The van der Waals surface area contributed by atoms with Gasteiger partial charge in [-0.2, -0.15) is 0 Å². The summed E-state index contributed by atoms with van der Waals surface area (Å²) in [5.41, 5.74) is 1.36. The van der Waals surface area contributed by atoms with Gasteiger partial charge in [-0.3, -0.25) is 4.90 Å². The highest BCUT2D eigenvalue weighted by Crippen LogP contribution is 2.15. The highest BCUT2D eigenvalue weighted by molar-refractivity contribution is 5.27. The van der Waals surface area contributed by atoms with Gasteiger partial charge in [0, 0.05) is 25.7 Å². The van der Waals surface area contributed by atoms with E-state index in [2.05, 4.69) is 41.4 Å². The lowest BCUT2D eigenvalue weighted by molar-refractivity contribution is 0.145. The summed E-state index contributed by atoms with van der Waals surface area (Å²) in [7, 11) is 0. The third kappa shape index (κ3) is 3.20. The Morgan fingerprint density at radius 2 is 1.94 bits per heavy atom. The standard InChI is InChI=1S/C14H22N2O/c1-3-16(13-9-15-10-13)11-12-5-7-14(8-6-12)17-4-2/h5-8,13,15H,3-4,9-11H2,1-2H3. The maximum atomic E-state index is 5.45. The van der Waals surface area contributed by atoms with E-state index >= 15 is 0 Å². The molecule has 0 saturated carbocycles. The molecule has 1 aromatic rings. The topological polar surface area (TPSA) is 24.5 Å². The van der Waals surface area contributed by atoms with Gasteiger partial charge in [0.2, 0.25) is 0 Å². The van der Waals surface area contributed by atoms with Crippen molar-refractivity contribution >= 4 is 0 Å². The minimum absolute atomic E-state index is 0.714. The van der Waals surface area contributed by atoms with Crippen LogP contribution >= 0.6 is 0 Å². The van der Waals surface area contributed by atoms with Crippen LogP contribution < -0.4 is 10.1 Å². The monoisotopic (exact) mass is 234 g/mol. The van der Waals surface area contributed by atoms with E-state index < -0.39 is 0 Å². The molecule has 94 valence electrons. The molecule has 1 heterocycles. The quantitative estimate of drug-likeness (QED) is 0.813. The average molecular weight is 234 g/mol. The molecule has 1 aliphatic heterocycles. The number of nitrogens with one attached hydrogen (secondary N) is 1. The molecular formula is C14H22N2O. The van der Waals surface area contributed by atoms with Crippen molar-refractivity contribution in [3.05, 3.63) is 29.8 Å². The fourth-order valence-corrected chi connectivity index (χ4v) is 2.12. The number of rotatable bonds is 6. The normalized spacial score (nSPS) is 15.9. The Kier molecular flexibility index (Phi) is 4.40. The molecule has 1 saturated heterocycles. The van der Waals surface area contributed by atoms with Crippen LogP contribution in [0.5, 0.6) is 5.75 Å². The molecule has 1 fully saturated rings. The minimum atomic E-state index is 0.714. The highest BCUT2D eigenvalue weighted by atomic mass is 16.5. The Hall–Kier alpha value is -1.06. The number of hydrogen-bond donors (Lipinski definition) is 1. The molecule has 0 unspecified atom stereocenters. The van der Waals surface area contributed by atoms with Crippen molar-refractivity contribution in [3.63, 3.8) is 0 Å². The first-order valence-corrected chi connectivity index (χ1v) is 6.50. The second-order valence-electron chi connectivity index (χ2n) is 4.45. The van der Waals surface area contributed by atoms with Crippen LogP contribution in [-0.4, -0.2) is 37.2 Å². The van der Waals surface area contributed by atoms with Gasteiger partial charge in [0.05, 0.1) is 6.61 Å². The predicted octanol–water partition coefficient (Wildman–Crippen LogP) is 1.88. The molecule has 3 nitrogen and oxygen atoms in total. The van der Waals surface area contributed by atoms with E-state index in [-0.39, 0.29) is 0 Å². The smallest absolute Gasteiger partial charge is 0.119 e. The molecule has 0 radical (unpaired) electrons. The van der Waals surface area contributed by atoms with E-state index in [1.165, 1.54) is 5.56 Å². The number of nitrogens with zero attached hydrogens (tertiary/aromatic N) is 1. The third-order valence-corrected chi connectivity index (χ3v) is 3.30. The first-order chi connectivity index (χ1) is 8.33. The van der Waals surface area contributed by atoms with Crippen molar-refractivity contribution in [2.45, 2.75) is 26.4 Å². The van der Waals surface area contributed by atoms with Crippen molar-refractivity contribution < 1.29 is 4.74 Å². The molecule has 0 atom stereocenters. The number of likely N-dealkylation sites (N-methyl/N-ethyl adjacent to an activating group) is 1. The maximum Gasteiger partial charge on any atom is 0.119 e. The fraction of sp³-hybridized carbons (Fsp3) is 0.571. The van der Waals surface area contributed by atoms with E-state index in [4.69, 9.17) is 4.74 Å². The molecule has 2 rings (SSSR count). The van der Waals surface area contributed by atoms with Crippen molar-refractivity contribution in [1.29, 1.82) is 0 Å². The molecule has 1 N–H and O–H groups in total. The van der Waals surface area contributed by atoms with E-state index in [9.17, 15) is 0 Å². The van der Waals surface area contributed by atoms with E-state index in [1.54, 1.807) is 0 Å². The van der Waals surface area contributed by atoms with E-state index in [1.807, 2.05) is 6.92 Å². The molecule has 0 bridgehead atoms. The second-order valence-corrected chi connectivity index (χ2v) is 4.45. The molecule has 0 aliphatic carbocycles. The molecule has 1 aromatic carbocycles. The van der Waals surface area contributed by atoms with E-state index in [0.717, 1.165) is 38.5 Å². The van der Waals surface area contributed by atoms with Gasteiger partial charge in [0.1, 0.15) is 5.75 Å². The lowest BCUT2D eigenvalue weighted by atomic mass is 10.1. The summed E-state index contributed by atoms with van der Waals surface area (Å²) in [5.74, 6) is 0.963. The van der Waals surface area contributed by atoms with Gasteiger partial charge in [0.15, 0.2) is 0 Å². The predicted molar refractivity (Wildman–Crippen MR) is 70.4 cm³/mol. The Morgan fingerprint density at radius 3 is 2.41 bits per heavy atom. The summed E-state index contributed by atoms with van der Waals surface area (Å²) in [6.07, 6.45) is 0. The van der Waals surface area contributed by atoms with Crippen molar-refractivity contribution in [1.82, 2.24) is 10.2 Å². The fourth-order valence-electron chi connectivity index (χ4n) is 2.12. The summed E-state index contributed by atoms with van der Waals surface area (Å²) in [5, 5.41) is 3.33. The lowest BCUT2D eigenvalue weighted by Gasteiger charge is -2.37. The molecule has 3 heteroatoms. The minimum Gasteiger partial charge on any atom is -0.494 e. The average Bonchev–Trinajstić information content (AvgIpc) is 2.28. The van der Waals surface area contributed by atoms with Crippen LogP contribution in [0.1, 0.15) is 19.4 Å². The Labute approximate surface area is 104 Å².